The molecule has 2 nitrogen and oxygen atoms in total. The van der Waals surface area contributed by atoms with Gasteiger partial charge in [-0.1, -0.05) is 112 Å². The highest BCUT2D eigenvalue weighted by atomic mass is 79.9. The summed E-state index contributed by atoms with van der Waals surface area (Å²) in [7, 11) is 0. The van der Waals surface area contributed by atoms with Crippen molar-refractivity contribution in [1.82, 2.24) is 0 Å². The van der Waals surface area contributed by atoms with E-state index in [-0.39, 0.29) is 11.5 Å². The lowest BCUT2D eigenvalue weighted by Crippen LogP contribution is -2.00. The van der Waals surface area contributed by atoms with Gasteiger partial charge < -0.3 is 10.2 Å². The first kappa shape index (κ1) is 32.8. The van der Waals surface area contributed by atoms with Crippen LogP contribution < -0.4 is 0 Å². The van der Waals surface area contributed by atoms with E-state index < -0.39 is 0 Å². The normalized spacial score (nSPS) is 11.6. The fourth-order valence-corrected chi connectivity index (χ4v) is 7.86. The van der Waals surface area contributed by atoms with Crippen LogP contribution in [0.5, 0.6) is 11.5 Å². The van der Waals surface area contributed by atoms with Gasteiger partial charge in [0.25, 0.3) is 0 Å². The average Bonchev–Trinajstić information content (AvgIpc) is 3.10. The molecule has 6 rings (SSSR count). The first-order valence-electron chi connectivity index (χ1n) is 17.3. The molecule has 0 aliphatic heterocycles. The first-order chi connectivity index (χ1) is 22.8. The molecule has 0 unspecified atom stereocenters. The van der Waals surface area contributed by atoms with Crippen molar-refractivity contribution in [3.05, 3.63) is 117 Å². The van der Waals surface area contributed by atoms with Gasteiger partial charge in [-0.3, -0.25) is 0 Å². The van der Waals surface area contributed by atoms with E-state index in [1.54, 1.807) is 0 Å². The fraction of sp³-hybridized carbons (Fsp3) is 0.273. The second kappa shape index (κ2) is 13.6. The summed E-state index contributed by atoms with van der Waals surface area (Å²) in [6, 6.07) is 27.9. The van der Waals surface area contributed by atoms with Gasteiger partial charge in [-0.05, 0) is 129 Å². The number of rotatable bonds is 9. The molecule has 0 bridgehead atoms. The lowest BCUT2D eigenvalue weighted by atomic mass is 9.82. The van der Waals surface area contributed by atoms with Crippen molar-refractivity contribution in [3.8, 4) is 44.9 Å². The van der Waals surface area contributed by atoms with Crippen LogP contribution in [0.3, 0.4) is 0 Å². The van der Waals surface area contributed by atoms with Crippen molar-refractivity contribution in [2.45, 2.75) is 80.1 Å². The molecule has 0 aromatic heterocycles. The van der Waals surface area contributed by atoms with E-state index in [0.29, 0.717) is 11.1 Å². The number of phenols is 2. The molecule has 3 heteroatoms. The summed E-state index contributed by atoms with van der Waals surface area (Å²) in [6.07, 6.45) is 5.38. The average molecular weight is 686 g/mol. The van der Waals surface area contributed by atoms with Crippen molar-refractivity contribution in [1.29, 1.82) is 0 Å². The number of fused-ring (bicyclic) bond motifs is 2. The monoisotopic (exact) mass is 684 g/mol. The van der Waals surface area contributed by atoms with Gasteiger partial charge in [0, 0.05) is 26.7 Å². The van der Waals surface area contributed by atoms with Crippen molar-refractivity contribution >= 4 is 37.5 Å². The van der Waals surface area contributed by atoms with E-state index in [9.17, 15) is 10.2 Å². The topological polar surface area (TPSA) is 40.5 Å². The fourth-order valence-electron chi connectivity index (χ4n) is 7.49. The maximum absolute atomic E-state index is 12.6. The highest BCUT2D eigenvalue weighted by molar-refractivity contribution is 9.10. The van der Waals surface area contributed by atoms with Crippen LogP contribution in [0.25, 0.3) is 54.9 Å². The van der Waals surface area contributed by atoms with Crippen molar-refractivity contribution in [2.75, 3.05) is 0 Å². The van der Waals surface area contributed by atoms with Crippen LogP contribution in [-0.2, 0) is 38.5 Å². The van der Waals surface area contributed by atoms with Crippen LogP contribution >= 0.6 is 15.9 Å². The van der Waals surface area contributed by atoms with Crippen molar-refractivity contribution in [3.63, 3.8) is 0 Å². The van der Waals surface area contributed by atoms with E-state index in [4.69, 9.17) is 0 Å². The quantitative estimate of drug-likeness (QED) is 0.159. The lowest BCUT2D eigenvalue weighted by molar-refractivity contribution is 0.472. The highest BCUT2D eigenvalue weighted by Crippen LogP contribution is 2.53. The molecule has 6 aromatic rings. The molecular formula is C44H45BrO2. The van der Waals surface area contributed by atoms with Gasteiger partial charge in [0.2, 0.25) is 0 Å². The molecule has 0 saturated heterocycles. The first-order valence-corrected chi connectivity index (χ1v) is 18.1. The summed E-state index contributed by atoms with van der Waals surface area (Å²) >= 11 is 3.72. The molecule has 0 aliphatic carbocycles. The number of hydrogen-bond donors (Lipinski definition) is 2. The third kappa shape index (κ3) is 5.74. The summed E-state index contributed by atoms with van der Waals surface area (Å²) in [6.45, 7) is 13.2. The summed E-state index contributed by atoms with van der Waals surface area (Å²) in [5, 5.41) is 29.1. The van der Waals surface area contributed by atoms with Crippen LogP contribution in [0.4, 0.5) is 0 Å². The van der Waals surface area contributed by atoms with Crippen molar-refractivity contribution in [2.24, 2.45) is 0 Å². The Bertz CT molecular complexity index is 2090. The molecule has 0 heterocycles. The van der Waals surface area contributed by atoms with E-state index in [1.165, 1.54) is 33.4 Å². The maximum atomic E-state index is 12.6. The van der Waals surface area contributed by atoms with E-state index in [1.807, 2.05) is 12.1 Å². The predicted octanol–water partition coefficient (Wildman–Crippen LogP) is 12.5. The molecule has 0 aliphatic rings. The van der Waals surface area contributed by atoms with Crippen LogP contribution in [0.2, 0.25) is 0 Å². The Labute approximate surface area is 288 Å². The van der Waals surface area contributed by atoms with Crippen LogP contribution in [0.15, 0.2) is 83.3 Å². The van der Waals surface area contributed by atoms with Gasteiger partial charge in [-0.2, -0.15) is 0 Å². The SMILES string of the molecule is CCc1cc(CC)c(-c2cc3ccccc3c(-c3c(O)c(-c4c(CC)cc(CC)cc4CC)cc4cc(Br)ccc34)c2O)c(CC)c1. The third-order valence-electron chi connectivity index (χ3n) is 9.95. The number of halogens is 1. The number of phenolic OH excluding ortho intramolecular Hbond substituents is 2. The number of aromatic hydroxyl groups is 2. The molecule has 0 atom stereocenters. The highest BCUT2D eigenvalue weighted by Gasteiger charge is 2.26. The summed E-state index contributed by atoms with van der Waals surface area (Å²) in [5.41, 5.74) is 12.8. The number of benzene rings is 6. The Morgan fingerprint density at radius 3 is 1.32 bits per heavy atom. The number of aryl methyl sites for hydroxylation is 6. The Balaban J connectivity index is 1.80. The second-order valence-electron chi connectivity index (χ2n) is 12.6. The van der Waals surface area contributed by atoms with Crippen LogP contribution in [-0.4, -0.2) is 10.2 Å². The molecular weight excluding hydrogens is 640 g/mol. The lowest BCUT2D eigenvalue weighted by Gasteiger charge is -2.23. The van der Waals surface area contributed by atoms with Gasteiger partial charge in [-0.25, -0.2) is 0 Å². The minimum Gasteiger partial charge on any atom is -0.507 e. The molecule has 47 heavy (non-hydrogen) atoms. The van der Waals surface area contributed by atoms with Crippen molar-refractivity contribution < 1.29 is 10.2 Å². The molecule has 0 fully saturated rings. The predicted molar refractivity (Wildman–Crippen MR) is 205 cm³/mol. The second-order valence-corrected chi connectivity index (χ2v) is 13.5. The number of hydrogen-bond acceptors (Lipinski definition) is 2. The van der Waals surface area contributed by atoms with Crippen LogP contribution in [0, 0.1) is 0 Å². The van der Waals surface area contributed by atoms with Gasteiger partial charge >= 0.3 is 0 Å². The minimum absolute atomic E-state index is 0.207. The Morgan fingerprint density at radius 2 is 0.872 bits per heavy atom. The van der Waals surface area contributed by atoms with Gasteiger partial charge in [-0.15, -0.1) is 0 Å². The van der Waals surface area contributed by atoms with Gasteiger partial charge in [0.1, 0.15) is 11.5 Å². The largest absolute Gasteiger partial charge is 0.507 e. The minimum atomic E-state index is 0.207. The zero-order valence-electron chi connectivity index (χ0n) is 28.5. The smallest absolute Gasteiger partial charge is 0.132 e. The molecule has 0 radical (unpaired) electrons. The van der Waals surface area contributed by atoms with Gasteiger partial charge in [0.15, 0.2) is 0 Å². The van der Waals surface area contributed by atoms with E-state index in [0.717, 1.165) is 86.8 Å². The zero-order valence-corrected chi connectivity index (χ0v) is 30.1. The Morgan fingerprint density at radius 1 is 0.447 bits per heavy atom. The zero-order chi connectivity index (χ0) is 33.4. The molecule has 6 aromatic carbocycles. The standard InChI is InChI=1S/C44H45BrO2/c1-7-26-19-28(9-3)39(29(10-4)20-26)37-24-32-15-13-14-16-35(32)41(43(37)46)42-36-18-17-34(45)23-33(36)25-38(44(42)47)40-30(11-5)21-27(8-2)22-31(40)12-6/h13-25,46-47H,7-12H2,1-6H3. The van der Waals surface area contributed by atoms with Gasteiger partial charge in [0.05, 0.1) is 0 Å². The maximum Gasteiger partial charge on any atom is 0.132 e. The Kier molecular flexibility index (Phi) is 9.48. The molecule has 0 saturated carbocycles. The molecule has 0 spiro atoms. The summed E-state index contributed by atoms with van der Waals surface area (Å²) < 4.78 is 0.972. The molecule has 2 N–H and O–H groups in total. The summed E-state index contributed by atoms with van der Waals surface area (Å²) in [4.78, 5) is 0. The molecule has 0 amide bonds. The third-order valence-corrected chi connectivity index (χ3v) is 10.4. The van der Waals surface area contributed by atoms with E-state index in [2.05, 4.69) is 124 Å². The van der Waals surface area contributed by atoms with E-state index >= 15 is 0 Å². The molecule has 240 valence electrons. The summed E-state index contributed by atoms with van der Waals surface area (Å²) in [5.74, 6) is 0.417. The van der Waals surface area contributed by atoms with Crippen LogP contribution in [0.1, 0.15) is 74.9 Å². The Hall–Kier alpha value is -4.08.